The number of anilines is 1. The molecule has 1 aliphatic carbocycles. The van der Waals surface area contributed by atoms with Crippen LogP contribution in [-0.2, 0) is 16.6 Å². The number of halogens is 1. The molecule has 6 nitrogen and oxygen atoms in total. The van der Waals surface area contributed by atoms with Crippen molar-refractivity contribution >= 4 is 43.0 Å². The van der Waals surface area contributed by atoms with Crippen molar-refractivity contribution in [2.24, 2.45) is 0 Å². The quantitative estimate of drug-likeness (QED) is 0.409. The van der Waals surface area contributed by atoms with E-state index in [4.69, 9.17) is 0 Å². The zero-order valence-corrected chi connectivity index (χ0v) is 18.8. The molecular formula is C23H21FN4O2S2. The van der Waals surface area contributed by atoms with Gasteiger partial charge in [-0.05, 0) is 48.4 Å². The Labute approximate surface area is 189 Å². The molecule has 1 aliphatic rings. The molecule has 2 heterocycles. The van der Waals surface area contributed by atoms with Crippen molar-refractivity contribution < 1.29 is 12.8 Å². The van der Waals surface area contributed by atoms with Crippen LogP contribution in [0.3, 0.4) is 0 Å². The van der Waals surface area contributed by atoms with Gasteiger partial charge in [0.05, 0.1) is 18.3 Å². The van der Waals surface area contributed by atoms with Gasteiger partial charge in [-0.3, -0.25) is 9.40 Å². The molecule has 0 radical (unpaired) electrons. The largest absolute Gasteiger partial charge is 0.266 e. The third kappa shape index (κ3) is 4.05. The zero-order chi connectivity index (χ0) is 22.1. The summed E-state index contributed by atoms with van der Waals surface area (Å²) in [6, 6.07) is 10.8. The predicted molar refractivity (Wildman–Crippen MR) is 125 cm³/mol. The molecule has 0 fully saturated rings. The second-order valence-corrected chi connectivity index (χ2v) is 10.3. The molecule has 32 heavy (non-hydrogen) atoms. The second kappa shape index (κ2) is 8.48. The van der Waals surface area contributed by atoms with Crippen LogP contribution in [0, 0.1) is 5.82 Å². The summed E-state index contributed by atoms with van der Waals surface area (Å²) in [6.45, 7) is 0.472. The molecule has 164 valence electrons. The maximum atomic E-state index is 14.9. The third-order valence-corrected chi connectivity index (χ3v) is 7.79. The molecule has 4 aromatic rings. The first kappa shape index (κ1) is 20.8. The van der Waals surface area contributed by atoms with Gasteiger partial charge in [0.2, 0.25) is 0 Å². The van der Waals surface area contributed by atoms with E-state index in [1.54, 1.807) is 16.3 Å². The minimum Gasteiger partial charge on any atom is -0.260 e. The van der Waals surface area contributed by atoms with Crippen LogP contribution in [0.15, 0.2) is 65.1 Å². The van der Waals surface area contributed by atoms with E-state index in [-0.39, 0.29) is 5.13 Å². The van der Waals surface area contributed by atoms with Crippen molar-refractivity contribution in [1.29, 1.82) is 0 Å². The average molecular weight is 469 g/mol. The number of hydrogen-bond acceptors (Lipinski definition) is 5. The van der Waals surface area contributed by atoms with Gasteiger partial charge in [0.15, 0.2) is 5.13 Å². The molecule has 1 N–H and O–H groups in total. The average Bonchev–Trinajstić information content (AvgIpc) is 3.44. The van der Waals surface area contributed by atoms with E-state index in [0.29, 0.717) is 17.4 Å². The highest BCUT2D eigenvalue weighted by Gasteiger charge is 2.22. The van der Waals surface area contributed by atoms with Gasteiger partial charge in [0.1, 0.15) is 10.7 Å². The van der Waals surface area contributed by atoms with Crippen LogP contribution >= 0.6 is 11.3 Å². The highest BCUT2D eigenvalue weighted by atomic mass is 32.2. The lowest BCUT2D eigenvalue weighted by molar-refractivity contribution is 0.571. The number of nitrogens with one attached hydrogen (secondary N) is 1. The number of allylic oxidation sites excluding steroid dienone is 2. The number of hydrogen-bond donors (Lipinski definition) is 1. The number of aromatic nitrogens is 3. The Morgan fingerprint density at radius 2 is 2.06 bits per heavy atom. The fourth-order valence-corrected chi connectivity index (χ4v) is 5.96. The monoisotopic (exact) mass is 468 g/mol. The SMILES string of the molecule is O=S(=O)(Nc1nccs1)c1cc2cnn(Cc3ccccc3C3=CCCCC3)c2cc1F. The third-order valence-electron chi connectivity index (χ3n) is 5.61. The van der Waals surface area contributed by atoms with E-state index in [0.717, 1.165) is 29.7 Å². The van der Waals surface area contributed by atoms with Gasteiger partial charge < -0.3 is 0 Å². The highest BCUT2D eigenvalue weighted by Crippen LogP contribution is 2.30. The Kier molecular flexibility index (Phi) is 5.52. The lowest BCUT2D eigenvalue weighted by Crippen LogP contribution is -2.14. The summed E-state index contributed by atoms with van der Waals surface area (Å²) in [7, 11) is -4.10. The molecule has 0 unspecified atom stereocenters. The lowest BCUT2D eigenvalue weighted by atomic mass is 9.91. The van der Waals surface area contributed by atoms with Crippen LogP contribution in [0.1, 0.15) is 36.8 Å². The first-order valence-electron chi connectivity index (χ1n) is 10.4. The number of fused-ring (bicyclic) bond motifs is 1. The summed E-state index contributed by atoms with van der Waals surface area (Å²) in [5.41, 5.74) is 4.19. The van der Waals surface area contributed by atoms with Crippen LogP contribution in [-0.4, -0.2) is 23.2 Å². The van der Waals surface area contributed by atoms with Crippen molar-refractivity contribution in [2.45, 2.75) is 37.1 Å². The van der Waals surface area contributed by atoms with Gasteiger partial charge in [-0.1, -0.05) is 30.3 Å². The Bertz CT molecular complexity index is 1410. The number of nitrogens with zero attached hydrogens (tertiary/aromatic N) is 3. The van der Waals surface area contributed by atoms with Crippen LogP contribution in [0.2, 0.25) is 0 Å². The van der Waals surface area contributed by atoms with Gasteiger partial charge in [0.25, 0.3) is 10.0 Å². The van der Waals surface area contributed by atoms with Crippen molar-refractivity contribution in [3.8, 4) is 0 Å². The molecule has 0 amide bonds. The van der Waals surface area contributed by atoms with Gasteiger partial charge in [-0.25, -0.2) is 17.8 Å². The Morgan fingerprint density at radius 3 is 2.84 bits per heavy atom. The normalized spacial score (nSPS) is 14.5. The molecule has 5 rings (SSSR count). The number of benzene rings is 2. The van der Waals surface area contributed by atoms with E-state index < -0.39 is 20.7 Å². The van der Waals surface area contributed by atoms with Crippen LogP contribution in [0.4, 0.5) is 9.52 Å². The van der Waals surface area contributed by atoms with Crippen molar-refractivity contribution in [3.05, 3.63) is 77.2 Å². The van der Waals surface area contributed by atoms with E-state index in [2.05, 4.69) is 33.0 Å². The first-order valence-corrected chi connectivity index (χ1v) is 12.7. The van der Waals surface area contributed by atoms with Crippen LogP contribution in [0.5, 0.6) is 0 Å². The molecule has 0 bridgehead atoms. The van der Waals surface area contributed by atoms with E-state index in [1.807, 2.05) is 12.1 Å². The molecule has 0 atom stereocenters. The lowest BCUT2D eigenvalue weighted by Gasteiger charge is -2.17. The predicted octanol–water partition coefficient (Wildman–Crippen LogP) is 5.44. The molecule has 0 spiro atoms. The van der Waals surface area contributed by atoms with Gasteiger partial charge in [-0.15, -0.1) is 11.3 Å². The summed E-state index contributed by atoms with van der Waals surface area (Å²) < 4.78 is 44.3. The summed E-state index contributed by atoms with van der Waals surface area (Å²) in [6.07, 6.45) is 9.90. The van der Waals surface area contributed by atoms with Crippen molar-refractivity contribution in [1.82, 2.24) is 14.8 Å². The number of sulfonamides is 1. The van der Waals surface area contributed by atoms with E-state index in [1.165, 1.54) is 42.3 Å². The summed E-state index contributed by atoms with van der Waals surface area (Å²) in [5, 5.41) is 6.81. The maximum absolute atomic E-state index is 14.9. The Hall–Kier alpha value is -3.04. The molecular weight excluding hydrogens is 447 g/mol. The Balaban J connectivity index is 1.49. The minimum atomic E-state index is -4.10. The van der Waals surface area contributed by atoms with Crippen molar-refractivity contribution in [2.75, 3.05) is 4.72 Å². The fraction of sp³-hybridized carbons (Fsp3) is 0.217. The molecule has 0 saturated carbocycles. The number of thiazole rings is 1. The Morgan fingerprint density at radius 1 is 1.19 bits per heavy atom. The molecule has 2 aromatic carbocycles. The highest BCUT2D eigenvalue weighted by molar-refractivity contribution is 7.93. The van der Waals surface area contributed by atoms with Gasteiger partial charge >= 0.3 is 0 Å². The van der Waals surface area contributed by atoms with E-state index >= 15 is 0 Å². The summed E-state index contributed by atoms with van der Waals surface area (Å²) in [5.74, 6) is -0.827. The second-order valence-electron chi connectivity index (χ2n) is 7.72. The fourth-order valence-electron chi connectivity index (χ4n) is 4.07. The van der Waals surface area contributed by atoms with Crippen molar-refractivity contribution in [3.63, 3.8) is 0 Å². The topological polar surface area (TPSA) is 76.9 Å². The standard InChI is InChI=1S/C23H21FN4O2S2/c24-20-13-21-18(12-22(20)32(29,30)27-23-25-10-11-31-23)14-26-28(21)15-17-8-4-5-9-19(17)16-6-2-1-3-7-16/h4-6,8-14H,1-3,7,15H2,(H,25,27). The summed E-state index contributed by atoms with van der Waals surface area (Å²) >= 11 is 1.13. The van der Waals surface area contributed by atoms with E-state index in [9.17, 15) is 12.8 Å². The maximum Gasteiger partial charge on any atom is 0.266 e. The first-order chi connectivity index (χ1) is 15.5. The van der Waals surface area contributed by atoms with Crippen LogP contribution in [0.25, 0.3) is 16.5 Å². The smallest absolute Gasteiger partial charge is 0.260 e. The van der Waals surface area contributed by atoms with Crippen LogP contribution < -0.4 is 4.72 Å². The van der Waals surface area contributed by atoms with Gasteiger partial charge in [-0.2, -0.15) is 5.10 Å². The molecule has 0 saturated heterocycles. The molecule has 0 aliphatic heterocycles. The minimum absolute atomic E-state index is 0.189. The number of rotatable bonds is 6. The zero-order valence-electron chi connectivity index (χ0n) is 17.2. The summed E-state index contributed by atoms with van der Waals surface area (Å²) in [4.78, 5) is 3.48. The molecule has 9 heteroatoms. The van der Waals surface area contributed by atoms with Gasteiger partial charge in [0, 0.05) is 23.0 Å². The molecule has 2 aromatic heterocycles.